The van der Waals surface area contributed by atoms with Gasteiger partial charge in [0.15, 0.2) is 5.16 Å². The maximum absolute atomic E-state index is 13.5. The number of pyridine rings is 1. The number of aromatic nitrogens is 3. The maximum Gasteiger partial charge on any atom is 0.337 e. The summed E-state index contributed by atoms with van der Waals surface area (Å²) in [6, 6.07) is 23.1. The van der Waals surface area contributed by atoms with Crippen LogP contribution in [0, 0.1) is 0 Å². The van der Waals surface area contributed by atoms with Gasteiger partial charge in [-0.1, -0.05) is 72.4 Å². The number of rotatable bonds is 7. The van der Waals surface area contributed by atoms with Gasteiger partial charge in [-0.15, -0.1) is 0 Å². The summed E-state index contributed by atoms with van der Waals surface area (Å²) in [7, 11) is 0. The molecule has 0 spiro atoms. The Morgan fingerprint density at radius 1 is 1.00 bits per heavy atom. The first-order chi connectivity index (χ1) is 17.7. The van der Waals surface area contributed by atoms with Crippen LogP contribution in [0.4, 0.5) is 5.82 Å². The zero-order valence-corrected chi connectivity index (χ0v) is 20.4. The number of thioether (sulfide) groups is 1. The minimum atomic E-state index is -0.678. The zero-order chi connectivity index (χ0) is 24.9. The molecule has 2 aromatic heterocycles. The summed E-state index contributed by atoms with van der Waals surface area (Å²) in [6.07, 6.45) is 3.29. The van der Waals surface area contributed by atoms with Gasteiger partial charge in [-0.25, -0.2) is 9.78 Å². The van der Waals surface area contributed by atoms with Crippen molar-refractivity contribution in [2.75, 3.05) is 11.9 Å². The molecule has 1 aliphatic rings. The van der Waals surface area contributed by atoms with Crippen LogP contribution in [0.3, 0.4) is 0 Å². The second-order valence-electron chi connectivity index (χ2n) is 8.12. The van der Waals surface area contributed by atoms with E-state index >= 15 is 0 Å². The van der Waals surface area contributed by atoms with Gasteiger partial charge in [0.05, 0.1) is 29.4 Å². The van der Waals surface area contributed by atoms with Crippen molar-refractivity contribution >= 4 is 29.2 Å². The van der Waals surface area contributed by atoms with Gasteiger partial charge in [-0.2, -0.15) is 0 Å². The van der Waals surface area contributed by atoms with Crippen molar-refractivity contribution in [1.82, 2.24) is 15.0 Å². The number of carbonyl (C=O) groups is 1. The normalized spacial score (nSPS) is 14.6. The molecule has 2 N–H and O–H groups in total. The number of fused-ring (bicyclic) bond motifs is 1. The van der Waals surface area contributed by atoms with Gasteiger partial charge in [0, 0.05) is 18.1 Å². The van der Waals surface area contributed by atoms with E-state index in [-0.39, 0.29) is 12.2 Å². The molecule has 180 valence electrons. The molecule has 36 heavy (non-hydrogen) atoms. The number of nitrogens with zero attached hydrogens (tertiary/aromatic N) is 2. The molecule has 0 amide bonds. The minimum absolute atomic E-state index is 0.212. The van der Waals surface area contributed by atoms with Crippen molar-refractivity contribution in [2.24, 2.45) is 0 Å². The summed E-state index contributed by atoms with van der Waals surface area (Å²) in [5.74, 6) is -0.0876. The van der Waals surface area contributed by atoms with E-state index in [2.05, 4.69) is 15.3 Å². The minimum Gasteiger partial charge on any atom is -0.463 e. The molecule has 3 heterocycles. The summed E-state index contributed by atoms with van der Waals surface area (Å²) < 4.78 is 5.46. The highest BCUT2D eigenvalue weighted by molar-refractivity contribution is 7.98. The highest BCUT2D eigenvalue weighted by Crippen LogP contribution is 2.42. The van der Waals surface area contributed by atoms with E-state index in [0.717, 1.165) is 16.7 Å². The number of benzene rings is 2. The number of hydrogen-bond acceptors (Lipinski definition) is 7. The Balaban J connectivity index is 1.66. The summed E-state index contributed by atoms with van der Waals surface area (Å²) >= 11 is 1.45. The van der Waals surface area contributed by atoms with Gasteiger partial charge >= 0.3 is 5.97 Å². The van der Waals surface area contributed by atoms with Crippen molar-refractivity contribution in [3.63, 3.8) is 0 Å². The van der Waals surface area contributed by atoms with Crippen LogP contribution in [-0.4, -0.2) is 27.5 Å². The Hall–Kier alpha value is -4.17. The Bertz CT molecular complexity index is 1450. The molecule has 0 aliphatic carbocycles. The van der Waals surface area contributed by atoms with Crippen LogP contribution in [0.1, 0.15) is 35.1 Å². The summed E-state index contributed by atoms with van der Waals surface area (Å²) in [4.78, 5) is 38.7. The van der Waals surface area contributed by atoms with Crippen LogP contribution >= 0.6 is 11.8 Å². The standard InChI is InChI=1S/C28H24N4O3S/c1-2-35-27(34)22-21(19-13-15-29-16-14-19)23-25(30-24(22)20-11-7-4-8-12-20)31-28(32-26(23)33)36-17-18-9-5-3-6-10-18/h3-16,21H,2,17H2,1H3,(H2,30,31,32,33). The Labute approximate surface area is 212 Å². The van der Waals surface area contributed by atoms with E-state index in [0.29, 0.717) is 33.6 Å². The Morgan fingerprint density at radius 3 is 2.39 bits per heavy atom. The van der Waals surface area contributed by atoms with Crippen LogP contribution < -0.4 is 10.9 Å². The number of H-pyrrole nitrogens is 1. The highest BCUT2D eigenvalue weighted by atomic mass is 32.2. The number of anilines is 1. The molecule has 5 rings (SSSR count). The maximum atomic E-state index is 13.5. The number of nitrogens with one attached hydrogen (secondary N) is 2. The molecule has 0 radical (unpaired) electrons. The SMILES string of the molecule is CCOC(=O)C1=C(c2ccccc2)Nc2nc(SCc3ccccc3)[nH]c(=O)c2C1c1ccncc1. The summed E-state index contributed by atoms with van der Waals surface area (Å²) in [5.41, 5.74) is 3.66. The zero-order valence-electron chi connectivity index (χ0n) is 19.6. The second-order valence-corrected chi connectivity index (χ2v) is 9.09. The lowest BCUT2D eigenvalue weighted by molar-refractivity contribution is -0.138. The molecule has 4 aromatic rings. The van der Waals surface area contributed by atoms with Crippen molar-refractivity contribution in [1.29, 1.82) is 0 Å². The van der Waals surface area contributed by atoms with E-state index in [1.54, 1.807) is 31.5 Å². The monoisotopic (exact) mass is 496 g/mol. The molecule has 0 saturated heterocycles. The smallest absolute Gasteiger partial charge is 0.337 e. The largest absolute Gasteiger partial charge is 0.463 e. The number of ether oxygens (including phenoxy) is 1. The second kappa shape index (κ2) is 10.6. The van der Waals surface area contributed by atoms with E-state index < -0.39 is 11.9 Å². The van der Waals surface area contributed by atoms with Crippen molar-refractivity contribution in [3.8, 4) is 0 Å². The number of hydrogen-bond donors (Lipinski definition) is 2. The van der Waals surface area contributed by atoms with Crippen molar-refractivity contribution < 1.29 is 9.53 Å². The van der Waals surface area contributed by atoms with Crippen LogP contribution in [0.15, 0.2) is 101 Å². The predicted molar refractivity (Wildman–Crippen MR) is 141 cm³/mol. The van der Waals surface area contributed by atoms with Crippen molar-refractivity contribution in [2.45, 2.75) is 23.8 Å². The van der Waals surface area contributed by atoms with E-state index in [1.165, 1.54) is 11.8 Å². The first-order valence-corrected chi connectivity index (χ1v) is 12.6. The lowest BCUT2D eigenvalue weighted by Crippen LogP contribution is -2.31. The van der Waals surface area contributed by atoms with Crippen LogP contribution in [0.2, 0.25) is 0 Å². The Morgan fingerprint density at radius 2 is 1.69 bits per heavy atom. The van der Waals surface area contributed by atoms with Gasteiger partial charge in [0.1, 0.15) is 5.82 Å². The molecular weight excluding hydrogens is 472 g/mol. The van der Waals surface area contributed by atoms with E-state index in [9.17, 15) is 9.59 Å². The molecule has 8 heteroatoms. The third-order valence-electron chi connectivity index (χ3n) is 5.84. The molecule has 0 fully saturated rings. The first-order valence-electron chi connectivity index (χ1n) is 11.6. The average molecular weight is 497 g/mol. The fourth-order valence-corrected chi connectivity index (χ4v) is 5.06. The van der Waals surface area contributed by atoms with Gasteiger partial charge in [0.25, 0.3) is 5.56 Å². The fourth-order valence-electron chi connectivity index (χ4n) is 4.24. The molecule has 1 atom stereocenters. The van der Waals surface area contributed by atoms with E-state index in [1.807, 2.05) is 60.7 Å². The molecule has 1 unspecified atom stereocenters. The van der Waals surface area contributed by atoms with Crippen LogP contribution in [-0.2, 0) is 15.3 Å². The molecule has 2 aromatic carbocycles. The number of esters is 1. The number of carbonyl (C=O) groups excluding carboxylic acids is 1. The lowest BCUT2D eigenvalue weighted by Gasteiger charge is -2.30. The van der Waals surface area contributed by atoms with Gasteiger partial charge in [-0.3, -0.25) is 9.78 Å². The van der Waals surface area contributed by atoms with Crippen LogP contribution in [0.25, 0.3) is 5.70 Å². The quantitative estimate of drug-likeness (QED) is 0.211. The van der Waals surface area contributed by atoms with E-state index in [4.69, 9.17) is 9.72 Å². The first kappa shape index (κ1) is 23.6. The van der Waals surface area contributed by atoms with Gasteiger partial charge in [-0.05, 0) is 35.7 Å². The van der Waals surface area contributed by atoms with Gasteiger partial charge in [0.2, 0.25) is 0 Å². The molecule has 1 aliphatic heterocycles. The third kappa shape index (κ3) is 4.81. The number of aromatic amines is 1. The molecule has 0 saturated carbocycles. The molecule has 0 bridgehead atoms. The fraction of sp³-hybridized carbons (Fsp3) is 0.143. The van der Waals surface area contributed by atoms with Gasteiger partial charge < -0.3 is 15.0 Å². The summed E-state index contributed by atoms with van der Waals surface area (Å²) in [6.45, 7) is 1.97. The average Bonchev–Trinajstić information content (AvgIpc) is 2.92. The Kier molecular flexibility index (Phi) is 6.95. The molecular formula is C28H24N4O3S. The topological polar surface area (TPSA) is 97.0 Å². The van der Waals surface area contributed by atoms with Crippen LogP contribution in [0.5, 0.6) is 0 Å². The highest BCUT2D eigenvalue weighted by Gasteiger charge is 2.38. The van der Waals surface area contributed by atoms with Crippen molar-refractivity contribution in [3.05, 3.63) is 123 Å². The third-order valence-corrected chi connectivity index (χ3v) is 6.78. The summed E-state index contributed by atoms with van der Waals surface area (Å²) in [5, 5.41) is 3.80. The lowest BCUT2D eigenvalue weighted by atomic mass is 9.81. The molecule has 7 nitrogen and oxygen atoms in total. The predicted octanol–water partition coefficient (Wildman–Crippen LogP) is 4.99.